The van der Waals surface area contributed by atoms with Crippen LogP contribution in [0.4, 0.5) is 5.69 Å². The molecule has 0 bridgehead atoms. The Balaban J connectivity index is 1.27. The average Bonchev–Trinajstić information content (AvgIpc) is 3.07. The Labute approximate surface area is 241 Å². The number of hydrogen-bond donors (Lipinski definition) is 1. The van der Waals surface area contributed by atoms with Crippen LogP contribution < -0.4 is 14.4 Å². The standard InChI is InChI=1S/C31H34ClN3O4S/c32-25-7-9-27-24(17-25)5-2-14-31(27)20-35(19-23-3-1-4-23)28-18-26(8-10-29(28)39-21-31)40(37,38)34-30(36)11-6-22-12-15-33-16-13-22/h7-10,12-13,15-18,23H,1-6,11,14,19-21H2,(H,34,36)/t31-/m0/s1. The third kappa shape index (κ3) is 5.56. The largest absolute Gasteiger partial charge is 0.490 e. The van der Waals surface area contributed by atoms with Gasteiger partial charge in [0.2, 0.25) is 5.91 Å². The van der Waals surface area contributed by atoms with Gasteiger partial charge in [0.25, 0.3) is 10.0 Å². The number of nitrogens with zero attached hydrogens (tertiary/aromatic N) is 2. The smallest absolute Gasteiger partial charge is 0.264 e. The summed E-state index contributed by atoms with van der Waals surface area (Å²) in [4.78, 5) is 19.0. The van der Waals surface area contributed by atoms with E-state index in [1.165, 1.54) is 36.5 Å². The maximum atomic E-state index is 13.3. The second kappa shape index (κ2) is 11.1. The zero-order chi connectivity index (χ0) is 27.7. The van der Waals surface area contributed by atoms with Gasteiger partial charge in [-0.15, -0.1) is 0 Å². The number of halogens is 1. The molecule has 1 N–H and O–H groups in total. The minimum absolute atomic E-state index is 0.0665. The lowest BCUT2D eigenvalue weighted by molar-refractivity contribution is -0.119. The summed E-state index contributed by atoms with van der Waals surface area (Å²) in [6, 6.07) is 14.8. The van der Waals surface area contributed by atoms with Crippen LogP contribution in [0.2, 0.25) is 5.02 Å². The van der Waals surface area contributed by atoms with Crippen molar-refractivity contribution >= 4 is 33.2 Å². The lowest BCUT2D eigenvalue weighted by Gasteiger charge is -2.42. The third-order valence-electron chi connectivity index (χ3n) is 8.66. The third-order valence-corrected chi connectivity index (χ3v) is 10.3. The van der Waals surface area contributed by atoms with E-state index in [2.05, 4.69) is 26.7 Å². The van der Waals surface area contributed by atoms with E-state index < -0.39 is 15.9 Å². The first-order valence-electron chi connectivity index (χ1n) is 14.1. The Morgan fingerprint density at radius 1 is 1.10 bits per heavy atom. The molecule has 0 unspecified atom stereocenters. The van der Waals surface area contributed by atoms with Crippen molar-refractivity contribution in [3.63, 3.8) is 0 Å². The molecule has 0 radical (unpaired) electrons. The van der Waals surface area contributed by atoms with Crippen LogP contribution in [0.5, 0.6) is 5.75 Å². The van der Waals surface area contributed by atoms with Crippen LogP contribution in [0.25, 0.3) is 0 Å². The first kappa shape index (κ1) is 27.1. The van der Waals surface area contributed by atoms with E-state index in [0.29, 0.717) is 24.7 Å². The quantitative estimate of drug-likeness (QED) is 0.401. The molecule has 6 rings (SSSR count). The molecule has 2 aromatic carbocycles. The van der Waals surface area contributed by atoms with Gasteiger partial charge in [0.05, 0.1) is 17.2 Å². The van der Waals surface area contributed by atoms with Crippen LogP contribution in [0.3, 0.4) is 0 Å². The highest BCUT2D eigenvalue weighted by molar-refractivity contribution is 7.90. The van der Waals surface area contributed by atoms with Crippen LogP contribution >= 0.6 is 11.6 Å². The monoisotopic (exact) mass is 579 g/mol. The van der Waals surface area contributed by atoms with E-state index in [-0.39, 0.29) is 16.7 Å². The number of carbonyl (C=O) groups is 1. The molecule has 1 amide bonds. The van der Waals surface area contributed by atoms with Crippen molar-refractivity contribution in [2.24, 2.45) is 5.92 Å². The van der Waals surface area contributed by atoms with Gasteiger partial charge >= 0.3 is 0 Å². The highest BCUT2D eigenvalue weighted by atomic mass is 35.5. The van der Waals surface area contributed by atoms with Crippen LogP contribution in [0, 0.1) is 5.92 Å². The predicted octanol–water partition coefficient (Wildman–Crippen LogP) is 5.45. The fraction of sp³-hybridized carbons (Fsp3) is 0.419. The number of nitrogens with one attached hydrogen (secondary N) is 1. The number of sulfonamides is 1. The molecule has 7 nitrogen and oxygen atoms in total. The number of carbonyl (C=O) groups excluding carboxylic acids is 1. The summed E-state index contributed by atoms with van der Waals surface area (Å²) in [5.41, 5.74) is 4.05. The van der Waals surface area contributed by atoms with Crippen molar-refractivity contribution in [3.05, 3.63) is 82.6 Å². The summed E-state index contributed by atoms with van der Waals surface area (Å²) in [6.07, 6.45) is 10.4. The number of hydrogen-bond acceptors (Lipinski definition) is 6. The first-order valence-corrected chi connectivity index (χ1v) is 15.9. The van der Waals surface area contributed by atoms with Crippen LogP contribution in [-0.2, 0) is 33.1 Å². The molecule has 9 heteroatoms. The lowest BCUT2D eigenvalue weighted by Crippen LogP contribution is -2.47. The number of anilines is 1. The normalized spacial score (nSPS) is 20.6. The maximum absolute atomic E-state index is 13.3. The lowest BCUT2D eigenvalue weighted by atomic mass is 9.70. The molecule has 3 aliphatic rings. The van der Waals surface area contributed by atoms with Crippen molar-refractivity contribution in [1.29, 1.82) is 0 Å². The number of fused-ring (bicyclic) bond motifs is 3. The molecule has 2 heterocycles. The Morgan fingerprint density at radius 3 is 2.70 bits per heavy atom. The molecule has 1 aliphatic heterocycles. The van der Waals surface area contributed by atoms with Crippen LogP contribution in [0.1, 0.15) is 55.2 Å². The summed E-state index contributed by atoms with van der Waals surface area (Å²) in [5.74, 6) is 0.718. The van der Waals surface area contributed by atoms with Crippen molar-refractivity contribution in [2.75, 3.05) is 24.6 Å². The van der Waals surface area contributed by atoms with Gasteiger partial charge in [-0.2, -0.15) is 0 Å². The van der Waals surface area contributed by atoms with E-state index in [9.17, 15) is 13.2 Å². The number of ether oxygens (including phenoxy) is 1. The summed E-state index contributed by atoms with van der Waals surface area (Å²) < 4.78 is 35.3. The highest BCUT2D eigenvalue weighted by Crippen LogP contribution is 2.45. The van der Waals surface area contributed by atoms with Crippen LogP contribution in [0.15, 0.2) is 65.8 Å². The van der Waals surface area contributed by atoms with Crippen molar-refractivity contribution in [3.8, 4) is 5.75 Å². The number of aromatic nitrogens is 1. The Hall–Kier alpha value is -3.10. The Kier molecular flexibility index (Phi) is 7.48. The summed E-state index contributed by atoms with van der Waals surface area (Å²) in [6.45, 7) is 2.11. The van der Waals surface area contributed by atoms with E-state index in [1.54, 1.807) is 24.5 Å². The minimum Gasteiger partial charge on any atom is -0.490 e. The van der Waals surface area contributed by atoms with E-state index in [4.69, 9.17) is 16.3 Å². The average molecular weight is 580 g/mol. The number of rotatable bonds is 7. The zero-order valence-corrected chi connectivity index (χ0v) is 24.0. The van der Waals surface area contributed by atoms with Gasteiger partial charge in [-0.05, 0) is 104 Å². The van der Waals surface area contributed by atoms with Gasteiger partial charge in [0, 0.05) is 42.3 Å². The second-order valence-corrected chi connectivity index (χ2v) is 13.5. The molecule has 0 saturated heterocycles. The zero-order valence-electron chi connectivity index (χ0n) is 22.4. The molecule has 1 aromatic heterocycles. The van der Waals surface area contributed by atoms with E-state index in [0.717, 1.165) is 48.6 Å². The molecule has 40 heavy (non-hydrogen) atoms. The molecule has 3 aromatic rings. The summed E-state index contributed by atoms with van der Waals surface area (Å²) in [5, 5.41) is 0.748. The Bertz CT molecular complexity index is 1510. The molecular weight excluding hydrogens is 546 g/mol. The SMILES string of the molecule is O=C(CCc1ccncc1)NS(=O)(=O)c1ccc2c(c1)N(CC1CCC1)C[C@@]1(CCCc3cc(Cl)ccc31)CO2. The molecule has 2 aliphatic carbocycles. The van der Waals surface area contributed by atoms with Gasteiger partial charge in [0.15, 0.2) is 0 Å². The molecular formula is C31H34ClN3O4S. The van der Waals surface area contributed by atoms with Gasteiger partial charge in [-0.25, -0.2) is 13.1 Å². The number of amides is 1. The van der Waals surface area contributed by atoms with Gasteiger partial charge < -0.3 is 9.64 Å². The molecule has 1 saturated carbocycles. The van der Waals surface area contributed by atoms with Crippen LogP contribution in [-0.4, -0.2) is 39.0 Å². The second-order valence-electron chi connectivity index (χ2n) is 11.4. The summed E-state index contributed by atoms with van der Waals surface area (Å²) >= 11 is 6.35. The number of aryl methyl sites for hydroxylation is 2. The topological polar surface area (TPSA) is 88.6 Å². The van der Waals surface area contributed by atoms with Gasteiger partial charge in [-0.3, -0.25) is 9.78 Å². The van der Waals surface area contributed by atoms with Crippen molar-refractivity contribution < 1.29 is 17.9 Å². The highest BCUT2D eigenvalue weighted by Gasteiger charge is 2.42. The summed E-state index contributed by atoms with van der Waals surface area (Å²) in [7, 11) is -4.05. The fourth-order valence-corrected chi connectivity index (χ4v) is 7.54. The Morgan fingerprint density at radius 2 is 1.93 bits per heavy atom. The molecule has 1 spiro atoms. The van der Waals surface area contributed by atoms with E-state index >= 15 is 0 Å². The molecule has 1 atom stereocenters. The first-order chi connectivity index (χ1) is 19.3. The maximum Gasteiger partial charge on any atom is 0.264 e. The molecule has 1 fully saturated rings. The molecule has 210 valence electrons. The fourth-order valence-electron chi connectivity index (χ4n) is 6.32. The van der Waals surface area contributed by atoms with Gasteiger partial charge in [-0.1, -0.05) is 24.1 Å². The van der Waals surface area contributed by atoms with Crippen molar-refractivity contribution in [1.82, 2.24) is 9.71 Å². The minimum atomic E-state index is -4.05. The number of pyridine rings is 1. The van der Waals surface area contributed by atoms with Crippen molar-refractivity contribution in [2.45, 2.75) is 61.7 Å². The predicted molar refractivity (Wildman–Crippen MR) is 155 cm³/mol. The number of benzene rings is 2. The van der Waals surface area contributed by atoms with E-state index in [1.807, 2.05) is 18.2 Å². The van der Waals surface area contributed by atoms with Gasteiger partial charge in [0.1, 0.15) is 5.75 Å².